The average Bonchev–Trinajstić information content (AvgIpc) is 2.55. The van der Waals surface area contributed by atoms with Crippen molar-refractivity contribution >= 4 is 21.7 Å². The smallest absolute Gasteiger partial charge is 0.224 e. The van der Waals surface area contributed by atoms with Gasteiger partial charge in [0.05, 0.1) is 28.6 Å². The van der Waals surface area contributed by atoms with Crippen LogP contribution in [0.25, 0.3) is 0 Å². The van der Waals surface area contributed by atoms with Crippen molar-refractivity contribution in [2.45, 2.75) is 61.9 Å². The van der Waals surface area contributed by atoms with E-state index < -0.39 is 9.84 Å². The number of sulfone groups is 1. The second kappa shape index (κ2) is 6.78. The quantitative estimate of drug-likeness (QED) is 0.825. The first-order chi connectivity index (χ1) is 11.8. The Morgan fingerprint density at radius 2 is 2.12 bits per heavy atom. The van der Waals surface area contributed by atoms with Crippen LogP contribution in [-0.4, -0.2) is 37.6 Å². The van der Waals surface area contributed by atoms with Crippen molar-refractivity contribution < 1.29 is 18.0 Å². The highest BCUT2D eigenvalue weighted by Crippen LogP contribution is 2.38. The molecule has 2 N–H and O–H groups in total. The van der Waals surface area contributed by atoms with Gasteiger partial charge >= 0.3 is 0 Å². The first-order valence-electron chi connectivity index (χ1n) is 8.77. The number of carbonyl (C=O) groups excluding carboxylic acids is 2. The third-order valence-electron chi connectivity index (χ3n) is 5.30. The van der Waals surface area contributed by atoms with E-state index in [0.29, 0.717) is 18.4 Å². The number of hydrogen-bond acceptors (Lipinski definition) is 4. The van der Waals surface area contributed by atoms with Crippen molar-refractivity contribution in [2.75, 3.05) is 5.75 Å². The van der Waals surface area contributed by atoms with Gasteiger partial charge in [0.25, 0.3) is 0 Å². The molecule has 0 aromatic heterocycles. The molecule has 7 heteroatoms. The molecule has 1 saturated carbocycles. The maximum Gasteiger partial charge on any atom is 0.224 e. The molecule has 1 saturated heterocycles. The maximum atomic E-state index is 12.4. The minimum atomic E-state index is -3.28. The molecule has 1 spiro atoms. The van der Waals surface area contributed by atoms with Crippen molar-refractivity contribution in [1.29, 1.82) is 0 Å². The second-order valence-electron chi connectivity index (χ2n) is 6.94. The Morgan fingerprint density at radius 1 is 1.36 bits per heavy atom. The molecule has 25 heavy (non-hydrogen) atoms. The van der Waals surface area contributed by atoms with E-state index in [1.807, 2.05) is 0 Å². The molecule has 1 aromatic carbocycles. The van der Waals surface area contributed by atoms with E-state index in [1.54, 1.807) is 31.2 Å². The number of rotatable bonds is 5. The SMILES string of the molecule is CCS(=O)(=O)c1cccc(CC(=O)NC2CCC(=O)NC23CCC3)c1. The van der Waals surface area contributed by atoms with Crippen LogP contribution in [0, 0.1) is 0 Å². The van der Waals surface area contributed by atoms with E-state index in [2.05, 4.69) is 10.6 Å². The number of amides is 2. The lowest BCUT2D eigenvalue weighted by Crippen LogP contribution is -2.68. The average molecular weight is 364 g/mol. The molecule has 1 unspecified atom stereocenters. The molecular formula is C18H24N2O4S. The van der Waals surface area contributed by atoms with Crippen LogP contribution >= 0.6 is 0 Å². The van der Waals surface area contributed by atoms with Crippen molar-refractivity contribution in [3.8, 4) is 0 Å². The van der Waals surface area contributed by atoms with Gasteiger partial charge in [-0.2, -0.15) is 0 Å². The minimum absolute atomic E-state index is 0.0347. The number of nitrogens with one attached hydrogen (secondary N) is 2. The predicted molar refractivity (Wildman–Crippen MR) is 93.8 cm³/mol. The van der Waals surface area contributed by atoms with Crippen molar-refractivity contribution in [3.05, 3.63) is 29.8 Å². The summed E-state index contributed by atoms with van der Waals surface area (Å²) in [6.07, 6.45) is 4.07. The van der Waals surface area contributed by atoms with Crippen molar-refractivity contribution in [3.63, 3.8) is 0 Å². The van der Waals surface area contributed by atoms with E-state index in [9.17, 15) is 18.0 Å². The molecule has 3 rings (SSSR count). The van der Waals surface area contributed by atoms with Crippen LogP contribution < -0.4 is 10.6 Å². The van der Waals surface area contributed by atoms with Gasteiger partial charge in [-0.15, -0.1) is 0 Å². The van der Waals surface area contributed by atoms with Gasteiger partial charge < -0.3 is 10.6 Å². The number of hydrogen-bond donors (Lipinski definition) is 2. The lowest BCUT2D eigenvalue weighted by Gasteiger charge is -2.51. The van der Waals surface area contributed by atoms with Gasteiger partial charge in [0.15, 0.2) is 9.84 Å². The van der Waals surface area contributed by atoms with Crippen LogP contribution in [0.1, 0.15) is 44.6 Å². The van der Waals surface area contributed by atoms with Gasteiger partial charge in [0, 0.05) is 6.42 Å². The third-order valence-corrected chi connectivity index (χ3v) is 7.03. The summed E-state index contributed by atoms with van der Waals surface area (Å²) in [6.45, 7) is 1.60. The van der Waals surface area contributed by atoms with Crippen LogP contribution in [0.5, 0.6) is 0 Å². The normalized spacial score (nSPS) is 22.1. The lowest BCUT2D eigenvalue weighted by molar-refractivity contribution is -0.131. The first-order valence-corrected chi connectivity index (χ1v) is 10.4. The molecule has 1 aromatic rings. The summed E-state index contributed by atoms with van der Waals surface area (Å²) >= 11 is 0. The molecule has 1 aliphatic heterocycles. The predicted octanol–water partition coefficient (Wildman–Crippen LogP) is 1.34. The Labute approximate surface area is 148 Å². The summed E-state index contributed by atoms with van der Waals surface area (Å²) in [6, 6.07) is 6.50. The molecule has 6 nitrogen and oxygen atoms in total. The number of benzene rings is 1. The second-order valence-corrected chi connectivity index (χ2v) is 9.22. The highest BCUT2D eigenvalue weighted by Gasteiger charge is 2.48. The highest BCUT2D eigenvalue weighted by molar-refractivity contribution is 7.91. The van der Waals surface area contributed by atoms with E-state index in [1.165, 1.54) is 0 Å². The molecule has 2 amide bonds. The maximum absolute atomic E-state index is 12.4. The fourth-order valence-corrected chi connectivity index (χ4v) is 4.62. The fraction of sp³-hybridized carbons (Fsp3) is 0.556. The van der Waals surface area contributed by atoms with Crippen LogP contribution in [-0.2, 0) is 25.8 Å². The number of piperidine rings is 1. The van der Waals surface area contributed by atoms with Gasteiger partial charge in [-0.3, -0.25) is 9.59 Å². The molecule has 1 heterocycles. The summed E-state index contributed by atoms with van der Waals surface area (Å²) in [4.78, 5) is 24.4. The molecule has 2 aliphatic rings. The van der Waals surface area contributed by atoms with Crippen molar-refractivity contribution in [1.82, 2.24) is 10.6 Å². The molecule has 2 fully saturated rings. The Hall–Kier alpha value is -1.89. The van der Waals surface area contributed by atoms with E-state index in [0.717, 1.165) is 19.3 Å². The van der Waals surface area contributed by atoms with Crippen LogP contribution in [0.4, 0.5) is 0 Å². The molecule has 0 bridgehead atoms. The largest absolute Gasteiger partial charge is 0.351 e. The summed E-state index contributed by atoms with van der Waals surface area (Å²) in [7, 11) is -3.28. The lowest BCUT2D eigenvalue weighted by atomic mass is 9.68. The molecule has 0 radical (unpaired) electrons. The van der Waals surface area contributed by atoms with Gasteiger partial charge in [-0.05, 0) is 43.4 Å². The zero-order valence-corrected chi connectivity index (χ0v) is 15.2. The Kier molecular flexibility index (Phi) is 4.86. The van der Waals surface area contributed by atoms with E-state index in [4.69, 9.17) is 0 Å². The van der Waals surface area contributed by atoms with E-state index in [-0.39, 0.29) is 40.5 Å². The van der Waals surface area contributed by atoms with Crippen LogP contribution in [0.15, 0.2) is 29.2 Å². The number of carbonyl (C=O) groups is 2. The summed E-state index contributed by atoms with van der Waals surface area (Å²) < 4.78 is 24.0. The molecule has 1 atom stereocenters. The van der Waals surface area contributed by atoms with Gasteiger partial charge in [0.1, 0.15) is 0 Å². The Morgan fingerprint density at radius 3 is 2.76 bits per heavy atom. The standard InChI is InChI=1S/C18H24N2O4S/c1-2-25(23,24)14-6-3-5-13(11-14)12-17(22)19-15-7-8-16(21)20-18(15)9-4-10-18/h3,5-6,11,15H,2,4,7-10,12H2,1H3,(H,19,22)(H,20,21). The minimum Gasteiger partial charge on any atom is -0.351 e. The van der Waals surface area contributed by atoms with E-state index >= 15 is 0 Å². The topological polar surface area (TPSA) is 92.3 Å². The highest BCUT2D eigenvalue weighted by atomic mass is 32.2. The molecular weight excluding hydrogens is 340 g/mol. The Balaban J connectivity index is 1.67. The van der Waals surface area contributed by atoms with Crippen molar-refractivity contribution in [2.24, 2.45) is 0 Å². The Bertz CT molecular complexity index is 784. The molecule has 1 aliphatic carbocycles. The summed E-state index contributed by atoms with van der Waals surface area (Å²) in [5, 5.41) is 6.10. The fourth-order valence-electron chi connectivity index (χ4n) is 3.67. The van der Waals surface area contributed by atoms with Gasteiger partial charge in [-0.1, -0.05) is 19.1 Å². The van der Waals surface area contributed by atoms with Gasteiger partial charge in [0.2, 0.25) is 11.8 Å². The monoisotopic (exact) mass is 364 g/mol. The summed E-state index contributed by atoms with van der Waals surface area (Å²) in [5.41, 5.74) is 0.396. The zero-order valence-electron chi connectivity index (χ0n) is 14.4. The first kappa shape index (κ1) is 17.9. The summed E-state index contributed by atoms with van der Waals surface area (Å²) in [5.74, 6) is -0.0476. The zero-order chi connectivity index (χ0) is 18.1. The third kappa shape index (κ3) is 3.71. The van der Waals surface area contributed by atoms with Crippen LogP contribution in [0.2, 0.25) is 0 Å². The van der Waals surface area contributed by atoms with Crippen LogP contribution in [0.3, 0.4) is 0 Å². The van der Waals surface area contributed by atoms with Gasteiger partial charge in [-0.25, -0.2) is 8.42 Å². The molecule has 136 valence electrons.